The lowest BCUT2D eigenvalue weighted by Crippen LogP contribution is -2.40. The van der Waals surface area contributed by atoms with Gasteiger partial charge >= 0.3 is 11.9 Å². The van der Waals surface area contributed by atoms with Gasteiger partial charge in [0.1, 0.15) is 19.3 Å². The molecule has 2 aromatic carbocycles. The van der Waals surface area contributed by atoms with Gasteiger partial charge in [-0.15, -0.1) is 10.1 Å². The monoisotopic (exact) mass is 726 g/mol. The number of nitrogens with one attached hydrogen (secondary N) is 1. The number of aryl methyl sites for hydroxylation is 1. The van der Waals surface area contributed by atoms with Crippen molar-refractivity contribution in [2.45, 2.75) is 89.1 Å². The number of carbonyl (C=O) groups is 3. The van der Waals surface area contributed by atoms with E-state index < -0.39 is 41.4 Å². The molecule has 6 atom stereocenters. The Balaban J connectivity index is 1.35. The van der Waals surface area contributed by atoms with E-state index in [1.807, 2.05) is 42.5 Å². The maximum Gasteiger partial charge on any atom is 0.333 e. The number of aliphatic hydroxyl groups is 3. The molecule has 0 bridgehead atoms. The Morgan fingerprint density at radius 1 is 1.02 bits per heavy atom. The van der Waals surface area contributed by atoms with Crippen LogP contribution in [0.4, 0.5) is 0 Å². The number of hydrogen-bond donors (Lipinski definition) is 4. The second-order valence-corrected chi connectivity index (χ2v) is 12.7. The first-order valence-corrected chi connectivity index (χ1v) is 17.5. The van der Waals surface area contributed by atoms with E-state index in [9.17, 15) is 39.8 Å². The van der Waals surface area contributed by atoms with E-state index in [0.29, 0.717) is 50.5 Å². The highest BCUT2D eigenvalue weighted by Crippen LogP contribution is 2.38. The van der Waals surface area contributed by atoms with E-state index in [1.54, 1.807) is 6.07 Å². The molecule has 14 nitrogen and oxygen atoms in total. The average Bonchev–Trinajstić information content (AvgIpc) is 3.40. The molecule has 0 aliphatic heterocycles. The Morgan fingerprint density at radius 3 is 2.50 bits per heavy atom. The highest BCUT2D eigenvalue weighted by atomic mass is 17.0. The summed E-state index contributed by atoms with van der Waals surface area (Å²) in [7, 11) is 1.38. The van der Waals surface area contributed by atoms with Gasteiger partial charge in [0.2, 0.25) is 5.91 Å². The molecule has 1 amide bonds. The summed E-state index contributed by atoms with van der Waals surface area (Å²) >= 11 is 0. The lowest BCUT2D eigenvalue weighted by atomic mass is 9.85. The van der Waals surface area contributed by atoms with Gasteiger partial charge in [-0.2, -0.15) is 0 Å². The van der Waals surface area contributed by atoms with Crippen molar-refractivity contribution >= 4 is 23.9 Å². The number of carbonyl (C=O) groups excluding carboxylic acids is 3. The minimum atomic E-state index is -0.987. The van der Waals surface area contributed by atoms with Crippen molar-refractivity contribution in [2.24, 2.45) is 11.8 Å². The topological polar surface area (TPSA) is 204 Å². The molecule has 1 aliphatic rings. The second-order valence-electron chi connectivity index (χ2n) is 12.7. The fourth-order valence-corrected chi connectivity index (χ4v) is 6.07. The molecule has 284 valence electrons. The molecular formula is C38H50N2O12. The third-order valence-corrected chi connectivity index (χ3v) is 8.88. The zero-order valence-electron chi connectivity index (χ0n) is 29.6. The lowest BCUT2D eigenvalue weighted by Gasteiger charge is -2.23. The first-order valence-electron chi connectivity index (χ1n) is 17.5. The largest absolute Gasteiger partial charge is 0.493 e. The van der Waals surface area contributed by atoms with E-state index in [-0.39, 0.29) is 48.9 Å². The molecule has 1 fully saturated rings. The van der Waals surface area contributed by atoms with E-state index in [2.05, 4.69) is 10.2 Å². The summed E-state index contributed by atoms with van der Waals surface area (Å²) in [5.74, 6) is -1.64. The Morgan fingerprint density at radius 2 is 1.77 bits per heavy atom. The molecule has 4 N–H and O–H groups in total. The predicted octanol–water partition coefficient (Wildman–Crippen LogP) is 4.12. The molecule has 14 heteroatoms. The van der Waals surface area contributed by atoms with Crippen molar-refractivity contribution in [3.8, 4) is 11.5 Å². The van der Waals surface area contributed by atoms with Crippen molar-refractivity contribution < 1.29 is 53.8 Å². The van der Waals surface area contributed by atoms with Gasteiger partial charge in [0, 0.05) is 12.5 Å². The van der Waals surface area contributed by atoms with Crippen LogP contribution in [0, 0.1) is 22.0 Å². The van der Waals surface area contributed by atoms with Gasteiger partial charge in [-0.3, -0.25) is 4.79 Å². The molecular weight excluding hydrogens is 676 g/mol. The number of hydrogen-bond acceptors (Lipinski definition) is 12. The SMILES string of the molecule is COc1cc(C=CC(=O)OCCO[N+](=O)[O-])ccc1OC(=O)C(C)NC(=O)CCCC=CC[C@@H]1[C@@H](CC[C@@H](O)CCc2ccccc2)[C@H](O)C[C@@H]1O. The molecule has 1 unspecified atom stereocenters. The average molecular weight is 727 g/mol. The molecule has 0 heterocycles. The van der Waals surface area contributed by atoms with Crippen LogP contribution in [0.2, 0.25) is 0 Å². The molecule has 2 aromatic rings. The zero-order valence-corrected chi connectivity index (χ0v) is 29.6. The summed E-state index contributed by atoms with van der Waals surface area (Å²) in [5, 5.41) is 43.4. The maximum atomic E-state index is 12.7. The third kappa shape index (κ3) is 14.8. The first kappa shape index (κ1) is 41.6. The van der Waals surface area contributed by atoms with E-state index in [4.69, 9.17) is 14.2 Å². The number of methoxy groups -OCH3 is 1. The van der Waals surface area contributed by atoms with E-state index in [0.717, 1.165) is 12.5 Å². The smallest absolute Gasteiger partial charge is 0.333 e. The fraction of sp³-hybridized carbons (Fsp3) is 0.500. The molecule has 0 aromatic heterocycles. The number of nitrogens with zero attached hydrogens (tertiary/aromatic N) is 1. The van der Waals surface area contributed by atoms with Crippen molar-refractivity contribution in [3.63, 3.8) is 0 Å². The number of unbranched alkanes of at least 4 members (excludes halogenated alkanes) is 1. The molecule has 3 rings (SSSR count). The van der Waals surface area contributed by atoms with Crippen LogP contribution in [0.5, 0.6) is 11.5 Å². The van der Waals surface area contributed by atoms with Gasteiger partial charge in [-0.1, -0.05) is 48.6 Å². The van der Waals surface area contributed by atoms with Gasteiger partial charge in [0.15, 0.2) is 11.5 Å². The maximum absolute atomic E-state index is 12.7. The molecule has 0 saturated heterocycles. The third-order valence-electron chi connectivity index (χ3n) is 8.88. The van der Waals surface area contributed by atoms with Crippen LogP contribution in [0.15, 0.2) is 66.8 Å². The van der Waals surface area contributed by atoms with Crippen LogP contribution < -0.4 is 14.8 Å². The van der Waals surface area contributed by atoms with Crippen molar-refractivity contribution in [1.29, 1.82) is 0 Å². The van der Waals surface area contributed by atoms with E-state index in [1.165, 1.54) is 37.8 Å². The number of esters is 2. The minimum absolute atomic E-state index is 0.0955. The quantitative estimate of drug-likeness (QED) is 0.0257. The normalized spacial score (nSPS) is 19.6. The highest BCUT2D eigenvalue weighted by molar-refractivity contribution is 5.87. The van der Waals surface area contributed by atoms with Gasteiger partial charge in [0.25, 0.3) is 5.09 Å². The van der Waals surface area contributed by atoms with Crippen molar-refractivity contribution in [3.05, 3.63) is 88.0 Å². The highest BCUT2D eigenvalue weighted by Gasteiger charge is 2.40. The first-order chi connectivity index (χ1) is 25.0. The van der Waals surface area contributed by atoms with Crippen LogP contribution in [-0.4, -0.2) is 82.9 Å². The summed E-state index contributed by atoms with van der Waals surface area (Å²) in [6.45, 7) is 0.825. The lowest BCUT2D eigenvalue weighted by molar-refractivity contribution is -0.757. The summed E-state index contributed by atoms with van der Waals surface area (Å²) in [4.78, 5) is 51.2. The minimum Gasteiger partial charge on any atom is -0.493 e. The molecule has 1 saturated carbocycles. The number of rotatable bonds is 22. The Hall–Kier alpha value is -4.79. The van der Waals surface area contributed by atoms with Crippen LogP contribution in [0.1, 0.15) is 69.4 Å². The fourth-order valence-electron chi connectivity index (χ4n) is 6.07. The molecule has 1 aliphatic carbocycles. The predicted molar refractivity (Wildman–Crippen MR) is 190 cm³/mol. The molecule has 52 heavy (non-hydrogen) atoms. The Bertz CT molecular complexity index is 1500. The Labute approximate surface area is 303 Å². The van der Waals surface area contributed by atoms with Gasteiger partial charge in [0.05, 0.1) is 25.4 Å². The number of ether oxygens (including phenoxy) is 3. The van der Waals surface area contributed by atoms with E-state index >= 15 is 0 Å². The summed E-state index contributed by atoms with van der Waals surface area (Å²) in [6.07, 6.45) is 9.68. The van der Waals surface area contributed by atoms with Gasteiger partial charge in [-0.25, -0.2) is 9.59 Å². The molecule has 0 spiro atoms. The number of aliphatic hydroxyl groups excluding tert-OH is 3. The second kappa shape index (κ2) is 22.2. The van der Waals surface area contributed by atoms with Crippen LogP contribution in [0.25, 0.3) is 6.08 Å². The number of benzene rings is 2. The van der Waals surface area contributed by atoms with Crippen LogP contribution in [0.3, 0.4) is 0 Å². The summed E-state index contributed by atoms with van der Waals surface area (Å²) in [6, 6.07) is 13.6. The Kier molecular flexibility index (Phi) is 17.8. The van der Waals surface area contributed by atoms with Gasteiger partial charge in [-0.05, 0) is 99.5 Å². The number of amides is 1. The number of allylic oxidation sites excluding steroid dienone is 2. The van der Waals surface area contributed by atoms with Crippen molar-refractivity contribution in [1.82, 2.24) is 5.32 Å². The van der Waals surface area contributed by atoms with Gasteiger partial charge < -0.3 is 39.7 Å². The molecule has 0 radical (unpaired) electrons. The van der Waals surface area contributed by atoms with Crippen molar-refractivity contribution in [2.75, 3.05) is 20.3 Å². The summed E-state index contributed by atoms with van der Waals surface area (Å²) in [5.41, 5.74) is 1.70. The zero-order chi connectivity index (χ0) is 37.9. The standard InChI is InChI=1S/C38H50N2O12/c1-26(38(46)52-34-20-15-28(24-35(34)49-2)16-21-37(45)50-22-23-51-40(47)48)39-36(44)13-9-4-3-8-12-30-31(33(43)25-32(30)42)19-18-29(41)17-14-27-10-6-5-7-11-27/h3,5-8,10-11,15-16,20-21,24,26,29-33,41-43H,4,9,12-14,17-19,22-23,25H2,1-2H3,(H,39,44)/t26?,29-,30+,31+,32-,33+/m0/s1. The summed E-state index contributed by atoms with van der Waals surface area (Å²) < 4.78 is 15.5. The van der Waals surface area contributed by atoms with Crippen LogP contribution in [-0.2, 0) is 30.4 Å². The van der Waals surface area contributed by atoms with Crippen LogP contribution >= 0.6 is 0 Å².